The van der Waals surface area contributed by atoms with Crippen molar-refractivity contribution in [1.82, 2.24) is 20.8 Å². The molecule has 2 amide bonds. The van der Waals surface area contributed by atoms with Crippen LogP contribution in [0.2, 0.25) is 0 Å². The van der Waals surface area contributed by atoms with Crippen LogP contribution in [0.15, 0.2) is 28.8 Å². The van der Waals surface area contributed by atoms with E-state index in [9.17, 15) is 9.18 Å². The number of nitrogens with one attached hydrogen (secondary N) is 2. The Balaban J connectivity index is 1.45. The summed E-state index contributed by atoms with van der Waals surface area (Å²) in [5.41, 5.74) is 0.301. The molecule has 1 fully saturated rings. The van der Waals surface area contributed by atoms with Crippen molar-refractivity contribution in [3.8, 4) is 11.4 Å². The van der Waals surface area contributed by atoms with Gasteiger partial charge in [-0.3, -0.25) is 0 Å². The normalized spacial score (nSPS) is 15.2. The molecule has 3 rings (SSSR count). The Morgan fingerprint density at radius 2 is 2.04 bits per heavy atom. The number of rotatable bonds is 5. The third-order valence-electron chi connectivity index (χ3n) is 4.15. The molecular weight excluding hydrogens is 311 g/mol. The van der Waals surface area contributed by atoms with Gasteiger partial charge < -0.3 is 15.2 Å². The number of amides is 2. The monoisotopic (exact) mass is 332 g/mol. The lowest BCUT2D eigenvalue weighted by atomic mass is 9.96. The zero-order valence-corrected chi connectivity index (χ0v) is 13.4. The topological polar surface area (TPSA) is 80.1 Å². The fourth-order valence-corrected chi connectivity index (χ4v) is 2.87. The van der Waals surface area contributed by atoms with E-state index in [-0.39, 0.29) is 17.9 Å². The van der Waals surface area contributed by atoms with Gasteiger partial charge >= 0.3 is 6.03 Å². The molecule has 1 saturated carbocycles. The molecule has 1 aromatic carbocycles. The van der Waals surface area contributed by atoms with Crippen LogP contribution in [0.4, 0.5) is 9.18 Å². The standard InChI is InChI=1S/C17H21FN4O2/c18-14-9-5-4-8-13(14)16-21-15(24-22-16)10-11-19-17(23)20-12-6-2-1-3-7-12/h4-5,8-9,12H,1-3,6-7,10-11H2,(H2,19,20,23). The Labute approximate surface area is 139 Å². The van der Waals surface area contributed by atoms with Crippen LogP contribution in [0.1, 0.15) is 38.0 Å². The van der Waals surface area contributed by atoms with Gasteiger partial charge in [-0.15, -0.1) is 0 Å². The van der Waals surface area contributed by atoms with Gasteiger partial charge in [-0.25, -0.2) is 9.18 Å². The molecule has 0 aliphatic heterocycles. The molecule has 2 aromatic rings. The van der Waals surface area contributed by atoms with E-state index in [4.69, 9.17) is 4.52 Å². The summed E-state index contributed by atoms with van der Waals surface area (Å²) in [4.78, 5) is 16.0. The first kappa shape index (κ1) is 16.4. The van der Waals surface area contributed by atoms with Gasteiger partial charge in [-0.2, -0.15) is 4.98 Å². The second-order valence-electron chi connectivity index (χ2n) is 5.98. The second-order valence-corrected chi connectivity index (χ2v) is 5.98. The maximum Gasteiger partial charge on any atom is 0.315 e. The Hall–Kier alpha value is -2.44. The summed E-state index contributed by atoms with van der Waals surface area (Å²) in [5, 5.41) is 9.55. The number of hydrogen-bond donors (Lipinski definition) is 2. The summed E-state index contributed by atoms with van der Waals surface area (Å²) < 4.78 is 18.8. The van der Waals surface area contributed by atoms with Crippen LogP contribution in [-0.4, -0.2) is 28.8 Å². The van der Waals surface area contributed by atoms with E-state index in [2.05, 4.69) is 20.8 Å². The summed E-state index contributed by atoms with van der Waals surface area (Å²) >= 11 is 0. The number of carbonyl (C=O) groups excluding carboxylic acids is 1. The van der Waals surface area contributed by atoms with E-state index in [1.165, 1.54) is 25.3 Å². The minimum atomic E-state index is -0.394. The summed E-state index contributed by atoms with van der Waals surface area (Å²) in [6.45, 7) is 0.386. The maximum atomic E-state index is 13.7. The van der Waals surface area contributed by atoms with Crippen LogP contribution in [-0.2, 0) is 6.42 Å². The number of aromatic nitrogens is 2. The van der Waals surface area contributed by atoms with Crippen molar-refractivity contribution in [3.63, 3.8) is 0 Å². The summed E-state index contributed by atoms with van der Waals surface area (Å²) in [6, 6.07) is 6.37. The van der Waals surface area contributed by atoms with E-state index in [1.807, 2.05) is 0 Å². The first-order chi connectivity index (χ1) is 11.7. The zero-order valence-electron chi connectivity index (χ0n) is 13.4. The number of hydrogen-bond acceptors (Lipinski definition) is 4. The second kappa shape index (κ2) is 7.90. The van der Waals surface area contributed by atoms with Gasteiger partial charge in [-0.05, 0) is 25.0 Å². The smallest absolute Gasteiger partial charge is 0.315 e. The average Bonchev–Trinajstić information content (AvgIpc) is 3.05. The highest BCUT2D eigenvalue weighted by molar-refractivity contribution is 5.74. The maximum absolute atomic E-state index is 13.7. The molecule has 0 saturated heterocycles. The molecule has 1 heterocycles. The first-order valence-corrected chi connectivity index (χ1v) is 8.34. The van der Waals surface area contributed by atoms with E-state index in [0.717, 1.165) is 12.8 Å². The molecule has 6 nitrogen and oxygen atoms in total. The minimum Gasteiger partial charge on any atom is -0.339 e. The number of carbonyl (C=O) groups is 1. The van der Waals surface area contributed by atoms with Crippen LogP contribution in [0.3, 0.4) is 0 Å². The molecule has 1 aromatic heterocycles. The highest BCUT2D eigenvalue weighted by Gasteiger charge is 2.16. The molecule has 1 aliphatic carbocycles. The molecule has 0 radical (unpaired) electrons. The lowest BCUT2D eigenvalue weighted by molar-refractivity contribution is 0.232. The summed E-state index contributed by atoms with van der Waals surface area (Å²) in [5.74, 6) is 0.191. The Morgan fingerprint density at radius 1 is 1.25 bits per heavy atom. The minimum absolute atomic E-state index is 0.171. The molecule has 0 unspecified atom stereocenters. The molecule has 1 aliphatic rings. The molecule has 0 spiro atoms. The predicted octanol–water partition coefficient (Wildman–Crippen LogP) is 3.05. The van der Waals surface area contributed by atoms with Crippen molar-refractivity contribution in [3.05, 3.63) is 36.0 Å². The van der Waals surface area contributed by atoms with Gasteiger partial charge in [0.2, 0.25) is 11.7 Å². The first-order valence-electron chi connectivity index (χ1n) is 8.34. The number of halogens is 1. The van der Waals surface area contributed by atoms with Gasteiger partial charge in [-0.1, -0.05) is 36.6 Å². The quantitative estimate of drug-likeness (QED) is 0.882. The van der Waals surface area contributed by atoms with Gasteiger partial charge in [0.15, 0.2) is 0 Å². The third-order valence-corrected chi connectivity index (χ3v) is 4.15. The van der Waals surface area contributed by atoms with Crippen LogP contribution in [0.25, 0.3) is 11.4 Å². The van der Waals surface area contributed by atoms with E-state index in [1.54, 1.807) is 18.2 Å². The van der Waals surface area contributed by atoms with Gasteiger partial charge in [0, 0.05) is 19.0 Å². The molecule has 0 bridgehead atoms. The predicted molar refractivity (Wildman–Crippen MR) is 86.8 cm³/mol. The Morgan fingerprint density at radius 3 is 2.83 bits per heavy atom. The highest BCUT2D eigenvalue weighted by Crippen LogP contribution is 2.19. The van der Waals surface area contributed by atoms with Crippen molar-refractivity contribution in [2.75, 3.05) is 6.54 Å². The molecular formula is C17H21FN4O2. The van der Waals surface area contributed by atoms with Crippen molar-refractivity contribution in [1.29, 1.82) is 0 Å². The van der Waals surface area contributed by atoms with Crippen LogP contribution in [0, 0.1) is 5.82 Å². The van der Waals surface area contributed by atoms with Crippen molar-refractivity contribution in [2.24, 2.45) is 0 Å². The van der Waals surface area contributed by atoms with Crippen LogP contribution < -0.4 is 10.6 Å². The van der Waals surface area contributed by atoms with Crippen molar-refractivity contribution < 1.29 is 13.7 Å². The molecule has 2 N–H and O–H groups in total. The van der Waals surface area contributed by atoms with Crippen LogP contribution >= 0.6 is 0 Å². The fraction of sp³-hybridized carbons (Fsp3) is 0.471. The number of urea groups is 1. The lowest BCUT2D eigenvalue weighted by Gasteiger charge is -2.22. The van der Waals surface area contributed by atoms with Gasteiger partial charge in [0.25, 0.3) is 0 Å². The van der Waals surface area contributed by atoms with Gasteiger partial charge in [0.05, 0.1) is 5.56 Å². The van der Waals surface area contributed by atoms with Crippen LogP contribution in [0.5, 0.6) is 0 Å². The highest BCUT2D eigenvalue weighted by atomic mass is 19.1. The number of benzene rings is 1. The molecule has 128 valence electrons. The SMILES string of the molecule is O=C(NCCc1nc(-c2ccccc2F)no1)NC1CCCCC1. The Bertz CT molecular complexity index is 683. The van der Waals surface area contributed by atoms with E-state index in [0.29, 0.717) is 24.4 Å². The zero-order chi connectivity index (χ0) is 16.8. The molecule has 24 heavy (non-hydrogen) atoms. The molecule has 7 heteroatoms. The Kier molecular flexibility index (Phi) is 5.40. The van der Waals surface area contributed by atoms with E-state index < -0.39 is 5.82 Å². The van der Waals surface area contributed by atoms with Gasteiger partial charge in [0.1, 0.15) is 5.82 Å². The summed E-state index contributed by atoms with van der Waals surface area (Å²) in [7, 11) is 0. The summed E-state index contributed by atoms with van der Waals surface area (Å²) in [6.07, 6.45) is 6.09. The van der Waals surface area contributed by atoms with Crippen molar-refractivity contribution in [2.45, 2.75) is 44.6 Å². The average molecular weight is 332 g/mol. The lowest BCUT2D eigenvalue weighted by Crippen LogP contribution is -2.43. The van der Waals surface area contributed by atoms with Crippen molar-refractivity contribution >= 4 is 6.03 Å². The fourth-order valence-electron chi connectivity index (χ4n) is 2.87. The largest absolute Gasteiger partial charge is 0.339 e. The third kappa shape index (κ3) is 4.31. The molecule has 0 atom stereocenters. The number of nitrogens with zero attached hydrogens (tertiary/aromatic N) is 2. The van der Waals surface area contributed by atoms with E-state index >= 15 is 0 Å².